The molecule has 5 heteroatoms. The molecule has 0 bridgehead atoms. The Morgan fingerprint density at radius 1 is 1.17 bits per heavy atom. The average Bonchev–Trinajstić information content (AvgIpc) is 0.811. The Labute approximate surface area is 139 Å². The van der Waals surface area contributed by atoms with E-state index in [4.69, 9.17) is 0 Å². The van der Waals surface area contributed by atoms with E-state index in [9.17, 15) is 0 Å². The summed E-state index contributed by atoms with van der Waals surface area (Å²) in [5.74, 6) is 0. The zero-order valence-corrected chi connectivity index (χ0v) is 12.4. The molecule has 0 unspecified atom stereocenters. The van der Waals surface area contributed by atoms with Gasteiger partial charge in [-0.3, -0.25) is 3.53 Å². The maximum absolute atomic E-state index is 4.17. The molecule has 0 aromatic heterocycles. The van der Waals surface area contributed by atoms with Gasteiger partial charge in [-0.15, -0.1) is 0 Å². The molecule has 0 rings (SSSR count). The molecular formula is CK2S3. The van der Waals surface area contributed by atoms with Crippen LogP contribution < -0.4 is 103 Å². The smallest absolute Gasteiger partial charge is 0.570 e. The van der Waals surface area contributed by atoms with Crippen molar-refractivity contribution in [1.82, 2.24) is 0 Å². The molecule has 0 aliphatic heterocycles. The van der Waals surface area contributed by atoms with Crippen LogP contribution in [-0.4, -0.2) is 3.53 Å². The molecule has 6 heavy (non-hydrogen) atoms. The maximum atomic E-state index is 4.17. The fraction of sp³-hybridized carbons (Fsp3) is 0. The van der Waals surface area contributed by atoms with Gasteiger partial charge in [-0.25, -0.2) is 0 Å². The van der Waals surface area contributed by atoms with Crippen molar-refractivity contribution in [3.05, 3.63) is 0 Å². The van der Waals surface area contributed by atoms with Crippen molar-refractivity contribution < 1.29 is 103 Å². The van der Waals surface area contributed by atoms with Gasteiger partial charge in [-0.1, -0.05) is 0 Å². The quantitative estimate of drug-likeness (QED) is 0.210. The van der Waals surface area contributed by atoms with Crippen LogP contribution in [0.25, 0.3) is 0 Å². The first kappa shape index (κ1) is 16.4. The summed E-state index contributed by atoms with van der Waals surface area (Å²) < 4.78 is 0.167. The third-order valence-corrected chi connectivity index (χ3v) is 0. The molecule has 0 N–H and O–H groups in total. The molecule has 0 aromatic rings. The van der Waals surface area contributed by atoms with Crippen molar-refractivity contribution in [3.8, 4) is 0 Å². The van der Waals surface area contributed by atoms with Gasteiger partial charge in [0.15, 0.2) is 0 Å². The first-order valence-corrected chi connectivity index (χ1v) is 1.84. The summed E-state index contributed by atoms with van der Waals surface area (Å²) in [5.41, 5.74) is 0. The van der Waals surface area contributed by atoms with Gasteiger partial charge in [0.05, 0.1) is 0 Å². The standard InChI is InChI=1S/CH2S3.2K/c2-1(3)4;;/h(H2,2,3,4);;/q;2*+1/p-2. The Hall–Kier alpha value is 3.80. The first-order valence-electron chi connectivity index (χ1n) is 0.612. The summed E-state index contributed by atoms with van der Waals surface area (Å²) in [6, 6.07) is 0. The van der Waals surface area contributed by atoms with E-state index in [1.807, 2.05) is 0 Å². The average molecular weight is 186 g/mol. The molecule has 0 saturated heterocycles. The summed E-state index contributed by atoms with van der Waals surface area (Å²) >= 11 is 12.5. The van der Waals surface area contributed by atoms with E-state index in [2.05, 4.69) is 37.5 Å². The van der Waals surface area contributed by atoms with Gasteiger partial charge in [-0.2, -0.15) is 0 Å². The number of hydrogen-bond acceptors (Lipinski definition) is 3. The molecule has 0 amide bonds. The van der Waals surface area contributed by atoms with Crippen LogP contribution in [0.3, 0.4) is 0 Å². The van der Waals surface area contributed by atoms with Crippen LogP contribution in [-0.2, 0) is 25.3 Å². The van der Waals surface area contributed by atoms with E-state index in [-0.39, 0.29) is 106 Å². The third kappa shape index (κ3) is 25.0. The fourth-order valence-corrected chi connectivity index (χ4v) is 0. The van der Waals surface area contributed by atoms with Crippen LogP contribution in [0.4, 0.5) is 0 Å². The summed E-state index contributed by atoms with van der Waals surface area (Å²) in [5, 5.41) is 0. The van der Waals surface area contributed by atoms with Crippen LogP contribution in [0.15, 0.2) is 0 Å². The summed E-state index contributed by atoms with van der Waals surface area (Å²) in [6.45, 7) is 0. The van der Waals surface area contributed by atoms with Crippen LogP contribution in [0, 0.1) is 0 Å². The van der Waals surface area contributed by atoms with Crippen molar-refractivity contribution in [2.24, 2.45) is 0 Å². The molecular weight excluding hydrogens is 186 g/mol. The Balaban J connectivity index is -0.0000000450. The van der Waals surface area contributed by atoms with Crippen LogP contribution >= 0.6 is 12.2 Å². The number of thiocarbonyl (C=S) groups is 1. The summed E-state index contributed by atoms with van der Waals surface area (Å²) in [4.78, 5) is 0. The normalized spacial score (nSPS) is 4.00. The number of hydrogen-bond donors (Lipinski definition) is 0. The second-order valence-electron chi connectivity index (χ2n) is 0.250. The minimum Gasteiger partial charge on any atom is -0.570 e. The molecule has 0 spiro atoms. The topological polar surface area (TPSA) is 0 Å². The Morgan fingerprint density at radius 2 is 1.17 bits per heavy atom. The zero-order valence-electron chi connectivity index (χ0n) is 3.72. The van der Waals surface area contributed by atoms with Gasteiger partial charge < -0.3 is 37.5 Å². The van der Waals surface area contributed by atoms with E-state index in [0.717, 1.165) is 0 Å². The molecule has 0 atom stereocenters. The Morgan fingerprint density at radius 3 is 1.17 bits per heavy atom. The molecule has 0 radical (unpaired) electrons. The van der Waals surface area contributed by atoms with Crippen LogP contribution in [0.1, 0.15) is 0 Å². The van der Waals surface area contributed by atoms with Gasteiger partial charge in [0.2, 0.25) is 0 Å². The summed E-state index contributed by atoms with van der Waals surface area (Å²) in [6.07, 6.45) is 0. The van der Waals surface area contributed by atoms with Gasteiger partial charge in [-0.05, 0) is 0 Å². The molecule has 0 aliphatic carbocycles. The van der Waals surface area contributed by atoms with Crippen molar-refractivity contribution in [1.29, 1.82) is 0 Å². The maximum Gasteiger partial charge on any atom is 1.00 e. The molecule has 0 aliphatic rings. The number of rotatable bonds is 0. The van der Waals surface area contributed by atoms with E-state index < -0.39 is 0 Å². The minimum absolute atomic E-state index is 0. The fourth-order valence-electron chi connectivity index (χ4n) is 0. The van der Waals surface area contributed by atoms with Gasteiger partial charge in [0.25, 0.3) is 0 Å². The zero-order chi connectivity index (χ0) is 3.58. The molecule has 0 heterocycles. The van der Waals surface area contributed by atoms with E-state index in [1.54, 1.807) is 0 Å². The SMILES string of the molecule is S=C([S-])[S-].[K+].[K+]. The molecule has 0 fully saturated rings. The summed E-state index contributed by atoms with van der Waals surface area (Å²) in [7, 11) is 0. The Bertz CT molecular complexity index is 31.8. The van der Waals surface area contributed by atoms with Crippen molar-refractivity contribution in [3.63, 3.8) is 0 Å². The second-order valence-corrected chi connectivity index (χ2v) is 2.25. The van der Waals surface area contributed by atoms with Gasteiger partial charge in [0, 0.05) is 0 Å². The van der Waals surface area contributed by atoms with Crippen molar-refractivity contribution in [2.75, 3.05) is 0 Å². The van der Waals surface area contributed by atoms with E-state index >= 15 is 0 Å². The minimum atomic E-state index is 0. The second kappa shape index (κ2) is 11.6. The van der Waals surface area contributed by atoms with Crippen molar-refractivity contribution >= 4 is 41.0 Å². The molecule has 0 nitrogen and oxygen atoms in total. The van der Waals surface area contributed by atoms with Gasteiger partial charge in [0.1, 0.15) is 0 Å². The Kier molecular flexibility index (Phi) is 31.7. The van der Waals surface area contributed by atoms with Gasteiger partial charge >= 0.3 is 103 Å². The molecule has 0 aromatic carbocycles. The van der Waals surface area contributed by atoms with E-state index in [1.165, 1.54) is 0 Å². The third-order valence-electron chi connectivity index (χ3n) is 0. The molecule has 0 saturated carbocycles. The predicted octanol–water partition coefficient (Wildman–Crippen LogP) is -5.63. The predicted molar refractivity (Wildman–Crippen MR) is 27.3 cm³/mol. The van der Waals surface area contributed by atoms with Crippen LogP contribution in [0.5, 0.6) is 0 Å². The first-order chi connectivity index (χ1) is 1.73. The van der Waals surface area contributed by atoms with E-state index in [0.29, 0.717) is 0 Å². The largest absolute Gasteiger partial charge is 1.00 e. The van der Waals surface area contributed by atoms with Crippen molar-refractivity contribution in [2.45, 2.75) is 0 Å². The molecule has 24 valence electrons. The monoisotopic (exact) mass is 186 g/mol. The van der Waals surface area contributed by atoms with Crippen LogP contribution in [0.2, 0.25) is 0 Å².